The second-order valence-electron chi connectivity index (χ2n) is 4.92. The van der Waals surface area contributed by atoms with Gasteiger partial charge >= 0.3 is 0 Å². The molecule has 0 fully saturated rings. The van der Waals surface area contributed by atoms with Gasteiger partial charge in [-0.1, -0.05) is 12.1 Å². The van der Waals surface area contributed by atoms with Gasteiger partial charge in [0.15, 0.2) is 0 Å². The van der Waals surface area contributed by atoms with E-state index in [9.17, 15) is 13.5 Å². The highest BCUT2D eigenvalue weighted by atomic mass is 32.2. The molecule has 0 bridgehead atoms. The van der Waals surface area contributed by atoms with E-state index < -0.39 is 16.1 Å². The van der Waals surface area contributed by atoms with Crippen molar-refractivity contribution < 1.29 is 13.5 Å². The molecule has 0 aliphatic rings. The number of rotatable bonds is 5. The smallest absolute Gasteiger partial charge is 0.241 e. The van der Waals surface area contributed by atoms with E-state index in [4.69, 9.17) is 0 Å². The van der Waals surface area contributed by atoms with Gasteiger partial charge < -0.3 is 5.11 Å². The fourth-order valence-corrected chi connectivity index (χ4v) is 3.93. The highest BCUT2D eigenvalue weighted by Gasteiger charge is 2.20. The Bertz CT molecular complexity index is 706. The number of nitrogens with one attached hydrogen (secondary N) is 1. The number of aromatic nitrogens is 1. The van der Waals surface area contributed by atoms with Crippen molar-refractivity contribution in [2.75, 3.05) is 0 Å². The molecule has 1 heterocycles. The molecule has 21 heavy (non-hydrogen) atoms. The summed E-state index contributed by atoms with van der Waals surface area (Å²) in [6.45, 7) is 5.27. The monoisotopic (exact) mass is 326 g/mol. The predicted molar refractivity (Wildman–Crippen MR) is 82.7 cm³/mol. The van der Waals surface area contributed by atoms with Gasteiger partial charge in [0.25, 0.3) is 0 Å². The summed E-state index contributed by atoms with van der Waals surface area (Å²) in [5.74, 6) is 0. The zero-order valence-electron chi connectivity index (χ0n) is 12.1. The molecule has 5 nitrogen and oxygen atoms in total. The van der Waals surface area contributed by atoms with Crippen LogP contribution in [0.2, 0.25) is 0 Å². The van der Waals surface area contributed by atoms with E-state index in [0.717, 1.165) is 10.7 Å². The summed E-state index contributed by atoms with van der Waals surface area (Å²) in [5.41, 5.74) is 1.56. The number of thiazole rings is 1. The molecule has 0 amide bonds. The Kier molecular flexibility index (Phi) is 4.77. The number of hydrogen-bond donors (Lipinski definition) is 2. The summed E-state index contributed by atoms with van der Waals surface area (Å²) in [4.78, 5) is 4.46. The van der Waals surface area contributed by atoms with Crippen molar-refractivity contribution in [3.8, 4) is 0 Å². The molecule has 0 aliphatic carbocycles. The normalized spacial score (nSPS) is 14.9. The summed E-state index contributed by atoms with van der Waals surface area (Å²) in [6.07, 6.45) is -0.619. The number of nitrogens with zero attached hydrogens (tertiary/aromatic N) is 1. The van der Waals surface area contributed by atoms with Gasteiger partial charge in [-0.25, -0.2) is 18.1 Å². The zero-order valence-corrected chi connectivity index (χ0v) is 13.7. The van der Waals surface area contributed by atoms with Crippen LogP contribution in [0.4, 0.5) is 0 Å². The molecule has 2 N–H and O–H groups in total. The molecule has 2 unspecified atom stereocenters. The minimum atomic E-state index is -3.61. The topological polar surface area (TPSA) is 79.3 Å². The maximum atomic E-state index is 12.3. The average Bonchev–Trinajstić information content (AvgIpc) is 2.85. The summed E-state index contributed by atoms with van der Waals surface area (Å²) in [5, 5.41) is 12.1. The molecule has 114 valence electrons. The number of aryl methyl sites for hydroxylation is 1. The van der Waals surface area contributed by atoms with Crippen molar-refractivity contribution in [3.63, 3.8) is 0 Å². The molecule has 7 heteroatoms. The number of sulfonamides is 1. The highest BCUT2D eigenvalue weighted by Crippen LogP contribution is 2.21. The van der Waals surface area contributed by atoms with Crippen LogP contribution in [-0.2, 0) is 10.0 Å². The maximum absolute atomic E-state index is 12.3. The Morgan fingerprint density at radius 1 is 1.24 bits per heavy atom. The first-order valence-electron chi connectivity index (χ1n) is 6.52. The molecule has 2 atom stereocenters. The minimum Gasteiger partial charge on any atom is -0.389 e. The van der Waals surface area contributed by atoms with Crippen LogP contribution in [0.3, 0.4) is 0 Å². The van der Waals surface area contributed by atoms with Crippen LogP contribution in [0.5, 0.6) is 0 Å². The second kappa shape index (κ2) is 6.23. The van der Waals surface area contributed by atoms with E-state index >= 15 is 0 Å². The number of aliphatic hydroxyl groups is 1. The average molecular weight is 326 g/mol. The third-order valence-electron chi connectivity index (χ3n) is 3.01. The lowest BCUT2D eigenvalue weighted by atomic mass is 10.1. The van der Waals surface area contributed by atoms with Crippen LogP contribution in [-0.4, -0.2) is 18.5 Å². The largest absolute Gasteiger partial charge is 0.389 e. The van der Waals surface area contributed by atoms with Gasteiger partial charge in [-0.2, -0.15) is 0 Å². The quantitative estimate of drug-likeness (QED) is 0.885. The Labute approximate surface area is 128 Å². The summed E-state index contributed by atoms with van der Waals surface area (Å²) >= 11 is 1.43. The first kappa shape index (κ1) is 16.1. The Morgan fingerprint density at radius 2 is 1.86 bits per heavy atom. The van der Waals surface area contributed by atoms with Crippen LogP contribution in [0, 0.1) is 6.92 Å². The van der Waals surface area contributed by atoms with Gasteiger partial charge in [0, 0.05) is 11.1 Å². The first-order valence-corrected chi connectivity index (χ1v) is 8.88. The summed E-state index contributed by atoms with van der Waals surface area (Å²) in [7, 11) is -3.61. The second-order valence-corrected chi connectivity index (χ2v) is 7.52. The number of benzene rings is 1. The van der Waals surface area contributed by atoms with Crippen LogP contribution >= 0.6 is 11.3 Å². The molecule has 1 aromatic heterocycles. The number of hydrogen-bond acceptors (Lipinski definition) is 5. The van der Waals surface area contributed by atoms with E-state index in [1.807, 2.05) is 12.3 Å². The van der Waals surface area contributed by atoms with Gasteiger partial charge in [0.05, 0.1) is 17.0 Å². The minimum absolute atomic E-state index is 0.173. The molecule has 0 saturated carbocycles. The zero-order chi connectivity index (χ0) is 15.6. The Balaban J connectivity index is 2.18. The van der Waals surface area contributed by atoms with Crippen LogP contribution in [0.15, 0.2) is 34.5 Å². The first-order chi connectivity index (χ1) is 9.79. The summed E-state index contributed by atoms with van der Waals surface area (Å²) < 4.78 is 27.2. The Morgan fingerprint density at radius 3 is 2.33 bits per heavy atom. The highest BCUT2D eigenvalue weighted by molar-refractivity contribution is 7.89. The SMILES string of the molecule is Cc1csc(C(C)NS(=O)(=O)c2ccc(C(C)O)cc2)n1. The lowest BCUT2D eigenvalue weighted by Crippen LogP contribution is -2.26. The van der Waals surface area contributed by atoms with Crippen LogP contribution < -0.4 is 4.72 Å². The molecule has 1 aromatic carbocycles. The van der Waals surface area contributed by atoms with E-state index in [1.54, 1.807) is 26.0 Å². The fourth-order valence-electron chi connectivity index (χ4n) is 1.85. The molecule has 0 aliphatic heterocycles. The van der Waals surface area contributed by atoms with Crippen molar-refractivity contribution in [3.05, 3.63) is 45.9 Å². The van der Waals surface area contributed by atoms with Gasteiger partial charge in [0.1, 0.15) is 5.01 Å². The molecule has 2 aromatic rings. The van der Waals surface area contributed by atoms with Crippen molar-refractivity contribution in [1.29, 1.82) is 0 Å². The molecule has 2 rings (SSSR count). The van der Waals surface area contributed by atoms with E-state index in [0.29, 0.717) is 5.56 Å². The molecule has 0 saturated heterocycles. The maximum Gasteiger partial charge on any atom is 0.241 e. The van der Waals surface area contributed by atoms with Gasteiger partial charge in [0.2, 0.25) is 10.0 Å². The van der Waals surface area contributed by atoms with Crippen molar-refractivity contribution in [2.45, 2.75) is 37.8 Å². The lowest BCUT2D eigenvalue weighted by Gasteiger charge is -2.12. The van der Waals surface area contributed by atoms with Crippen LogP contribution in [0.1, 0.15) is 42.3 Å². The Hall–Kier alpha value is -1.28. The van der Waals surface area contributed by atoms with Crippen molar-refractivity contribution in [1.82, 2.24) is 9.71 Å². The fraction of sp³-hybridized carbons (Fsp3) is 0.357. The summed E-state index contributed by atoms with van der Waals surface area (Å²) in [6, 6.07) is 5.81. The molecular formula is C14H18N2O3S2. The molecular weight excluding hydrogens is 308 g/mol. The van der Waals surface area contributed by atoms with E-state index in [1.165, 1.54) is 23.5 Å². The standard InChI is InChI=1S/C14H18N2O3S2/c1-9-8-20-14(15-9)10(2)16-21(18,19)13-6-4-12(5-7-13)11(3)17/h4-8,10-11,16-17H,1-3H3. The van der Waals surface area contributed by atoms with Gasteiger partial charge in [-0.15, -0.1) is 11.3 Å². The third kappa shape index (κ3) is 3.88. The van der Waals surface area contributed by atoms with Gasteiger partial charge in [-0.3, -0.25) is 0 Å². The van der Waals surface area contributed by atoms with Crippen molar-refractivity contribution in [2.24, 2.45) is 0 Å². The third-order valence-corrected chi connectivity index (χ3v) is 5.71. The lowest BCUT2D eigenvalue weighted by molar-refractivity contribution is 0.199. The van der Waals surface area contributed by atoms with E-state index in [2.05, 4.69) is 9.71 Å². The van der Waals surface area contributed by atoms with Gasteiger partial charge in [-0.05, 0) is 38.5 Å². The number of aliphatic hydroxyl groups excluding tert-OH is 1. The molecule has 0 radical (unpaired) electrons. The molecule has 0 spiro atoms. The van der Waals surface area contributed by atoms with Crippen molar-refractivity contribution >= 4 is 21.4 Å². The van der Waals surface area contributed by atoms with E-state index in [-0.39, 0.29) is 10.9 Å². The predicted octanol–water partition coefficient (Wildman–Crippen LogP) is 2.54. The van der Waals surface area contributed by atoms with Crippen LogP contribution in [0.25, 0.3) is 0 Å².